The van der Waals surface area contributed by atoms with Crippen molar-refractivity contribution in [1.82, 2.24) is 0 Å². The third-order valence-electron chi connectivity index (χ3n) is 2.83. The Kier molecular flexibility index (Phi) is 11.2. The van der Waals surface area contributed by atoms with Crippen molar-refractivity contribution in [1.29, 1.82) is 0 Å². The standard InChI is InChI=1S/C11H20B4S/c12-7-9(14)3-1-5-11(16)6-2-4-10(15)8-13/h9-11,16H,1-8H2. The molecule has 0 aliphatic rings. The zero-order chi connectivity index (χ0) is 12.4. The molecular weight excluding hydrogens is 207 g/mol. The van der Waals surface area contributed by atoms with Gasteiger partial charge in [-0.05, 0) is 12.8 Å². The van der Waals surface area contributed by atoms with Crippen molar-refractivity contribution in [3.05, 3.63) is 0 Å². The molecule has 0 spiro atoms. The molecule has 0 saturated heterocycles. The first-order valence-corrected chi connectivity index (χ1v) is 6.71. The summed E-state index contributed by atoms with van der Waals surface area (Å²) in [5, 5.41) is 0.454. The van der Waals surface area contributed by atoms with E-state index in [1.165, 1.54) is 0 Å². The van der Waals surface area contributed by atoms with Gasteiger partial charge in [0.2, 0.25) is 0 Å². The molecule has 8 radical (unpaired) electrons. The summed E-state index contributed by atoms with van der Waals surface area (Å²) < 4.78 is 0. The molecule has 2 atom stereocenters. The minimum Gasteiger partial charge on any atom is -0.176 e. The highest BCUT2D eigenvalue weighted by atomic mass is 32.1. The molecule has 0 aliphatic carbocycles. The van der Waals surface area contributed by atoms with E-state index in [2.05, 4.69) is 12.6 Å². The summed E-state index contributed by atoms with van der Waals surface area (Å²) in [4.78, 5) is 0. The lowest BCUT2D eigenvalue weighted by Crippen LogP contribution is -2.02. The van der Waals surface area contributed by atoms with Gasteiger partial charge in [0.1, 0.15) is 0 Å². The largest absolute Gasteiger partial charge is 0.176 e. The van der Waals surface area contributed by atoms with Crippen molar-refractivity contribution in [2.24, 2.45) is 0 Å². The molecule has 82 valence electrons. The van der Waals surface area contributed by atoms with Crippen LogP contribution in [0.25, 0.3) is 0 Å². The number of rotatable bonds is 10. The molecule has 0 bridgehead atoms. The van der Waals surface area contributed by atoms with Crippen molar-refractivity contribution in [3.63, 3.8) is 0 Å². The van der Waals surface area contributed by atoms with Crippen LogP contribution in [0.1, 0.15) is 38.5 Å². The van der Waals surface area contributed by atoms with Gasteiger partial charge < -0.3 is 0 Å². The summed E-state index contributed by atoms with van der Waals surface area (Å²) >= 11 is 4.55. The van der Waals surface area contributed by atoms with E-state index < -0.39 is 0 Å². The topological polar surface area (TPSA) is 0 Å². The molecule has 0 aromatic carbocycles. The Morgan fingerprint density at radius 2 is 1.12 bits per heavy atom. The zero-order valence-electron chi connectivity index (χ0n) is 10.1. The molecule has 5 heteroatoms. The van der Waals surface area contributed by atoms with E-state index in [9.17, 15) is 0 Å². The molecule has 0 aromatic heterocycles. The fraction of sp³-hybridized carbons (Fsp3) is 1.00. The minimum atomic E-state index is 0.145. The molecule has 2 unspecified atom stereocenters. The predicted octanol–water partition coefficient (Wildman–Crippen LogP) is 2.71. The summed E-state index contributed by atoms with van der Waals surface area (Å²) in [6.07, 6.45) is 7.56. The smallest absolute Gasteiger partial charge is 0.0689 e. The molecule has 0 heterocycles. The molecule has 0 nitrogen and oxygen atoms in total. The van der Waals surface area contributed by atoms with Gasteiger partial charge in [0.15, 0.2) is 0 Å². The third-order valence-corrected chi connectivity index (χ3v) is 3.35. The summed E-state index contributed by atoms with van der Waals surface area (Å²) in [5.74, 6) is 0.289. The van der Waals surface area contributed by atoms with Crippen LogP contribution in [-0.4, -0.2) is 36.6 Å². The van der Waals surface area contributed by atoms with Crippen molar-refractivity contribution >= 4 is 44.0 Å². The van der Waals surface area contributed by atoms with Crippen molar-refractivity contribution in [3.8, 4) is 0 Å². The Hall–Kier alpha value is 0.610. The van der Waals surface area contributed by atoms with Gasteiger partial charge in [0, 0.05) is 5.25 Å². The Labute approximate surface area is 112 Å². The molecule has 0 amide bonds. The third kappa shape index (κ3) is 9.81. The predicted molar refractivity (Wildman–Crippen MR) is 80.6 cm³/mol. The summed E-state index contributed by atoms with van der Waals surface area (Å²) in [6, 6.07) is 0. The average molecular weight is 228 g/mol. The fourth-order valence-corrected chi connectivity index (χ4v) is 1.98. The number of hydrogen-bond donors (Lipinski definition) is 1. The van der Waals surface area contributed by atoms with Crippen molar-refractivity contribution < 1.29 is 0 Å². The maximum absolute atomic E-state index is 5.74. The lowest BCUT2D eigenvalue weighted by molar-refractivity contribution is 0.585. The highest BCUT2D eigenvalue weighted by molar-refractivity contribution is 7.80. The van der Waals surface area contributed by atoms with E-state index in [1.807, 2.05) is 0 Å². The average Bonchev–Trinajstić information content (AvgIpc) is 2.28. The molecule has 0 saturated carbocycles. The second kappa shape index (κ2) is 10.7. The zero-order valence-corrected chi connectivity index (χ0v) is 11.0. The molecule has 0 fully saturated rings. The van der Waals surface area contributed by atoms with E-state index in [4.69, 9.17) is 31.4 Å². The van der Waals surface area contributed by atoms with Crippen molar-refractivity contribution in [2.75, 3.05) is 0 Å². The van der Waals surface area contributed by atoms with Gasteiger partial charge in [-0.3, -0.25) is 0 Å². The van der Waals surface area contributed by atoms with Gasteiger partial charge in [0.25, 0.3) is 0 Å². The quantitative estimate of drug-likeness (QED) is 0.431. The van der Waals surface area contributed by atoms with E-state index in [0.29, 0.717) is 17.9 Å². The molecule has 0 aliphatic heterocycles. The van der Waals surface area contributed by atoms with E-state index in [-0.39, 0.29) is 11.6 Å². The Morgan fingerprint density at radius 1 is 0.750 bits per heavy atom. The van der Waals surface area contributed by atoms with Gasteiger partial charge in [0.05, 0.1) is 31.4 Å². The van der Waals surface area contributed by atoms with Gasteiger partial charge in [-0.15, -0.1) is 0 Å². The lowest BCUT2D eigenvalue weighted by Gasteiger charge is -2.14. The Morgan fingerprint density at radius 3 is 1.44 bits per heavy atom. The van der Waals surface area contributed by atoms with E-state index in [1.54, 1.807) is 0 Å². The van der Waals surface area contributed by atoms with Crippen LogP contribution >= 0.6 is 12.6 Å². The maximum Gasteiger partial charge on any atom is 0.0689 e. The number of hydrogen-bond acceptors (Lipinski definition) is 1. The van der Waals surface area contributed by atoms with Gasteiger partial charge in [-0.2, -0.15) is 12.6 Å². The van der Waals surface area contributed by atoms with Crippen LogP contribution in [0.3, 0.4) is 0 Å². The van der Waals surface area contributed by atoms with Crippen LogP contribution < -0.4 is 0 Å². The van der Waals surface area contributed by atoms with Crippen LogP contribution in [0.4, 0.5) is 0 Å². The molecule has 16 heavy (non-hydrogen) atoms. The molecule has 0 aromatic rings. The molecule has 0 rings (SSSR count). The van der Waals surface area contributed by atoms with Gasteiger partial charge >= 0.3 is 0 Å². The first kappa shape index (κ1) is 16.6. The van der Waals surface area contributed by atoms with E-state index >= 15 is 0 Å². The lowest BCUT2D eigenvalue weighted by atomic mass is 9.73. The first-order chi connectivity index (χ1) is 7.60. The Bertz CT molecular complexity index is 141. The van der Waals surface area contributed by atoms with Gasteiger partial charge in [-0.25, -0.2) is 0 Å². The fourth-order valence-electron chi connectivity index (χ4n) is 1.61. The van der Waals surface area contributed by atoms with E-state index in [0.717, 1.165) is 38.5 Å². The first-order valence-electron chi connectivity index (χ1n) is 6.19. The normalized spacial score (nSPS) is 16.8. The Balaban J connectivity index is 3.34. The second-order valence-corrected chi connectivity index (χ2v) is 5.24. The second-order valence-electron chi connectivity index (χ2n) is 4.51. The van der Waals surface area contributed by atoms with Crippen LogP contribution in [-0.2, 0) is 0 Å². The van der Waals surface area contributed by atoms with Crippen LogP contribution in [0.15, 0.2) is 0 Å². The maximum atomic E-state index is 5.74. The number of thiol groups is 1. The summed E-state index contributed by atoms with van der Waals surface area (Å²) in [6.45, 7) is 0. The monoisotopic (exact) mass is 228 g/mol. The van der Waals surface area contributed by atoms with Crippen LogP contribution in [0.5, 0.6) is 0 Å². The van der Waals surface area contributed by atoms with Crippen LogP contribution in [0, 0.1) is 0 Å². The molecular formula is C11H20B4S. The highest BCUT2D eigenvalue weighted by Gasteiger charge is 2.06. The SMILES string of the molecule is [B]CC([B])CCCC(S)CCCC([B])C[B]. The molecule has 0 N–H and O–H groups in total. The van der Waals surface area contributed by atoms with Crippen molar-refractivity contribution in [2.45, 2.75) is 68.0 Å². The summed E-state index contributed by atoms with van der Waals surface area (Å²) in [7, 11) is 22.4. The van der Waals surface area contributed by atoms with Gasteiger partial charge in [-0.1, -0.05) is 50.0 Å². The minimum absolute atomic E-state index is 0.145. The highest BCUT2D eigenvalue weighted by Crippen LogP contribution is 2.21. The van der Waals surface area contributed by atoms with Crippen LogP contribution in [0.2, 0.25) is 24.3 Å². The summed E-state index contributed by atoms with van der Waals surface area (Å²) in [5.41, 5.74) is 0.